The van der Waals surface area contributed by atoms with Crippen LogP contribution in [0.5, 0.6) is 0 Å². The summed E-state index contributed by atoms with van der Waals surface area (Å²) in [6.45, 7) is 0.943. The molecule has 3 heteroatoms. The van der Waals surface area contributed by atoms with E-state index in [-0.39, 0.29) is 12.2 Å². The maximum atomic E-state index is 10.2. The van der Waals surface area contributed by atoms with E-state index in [1.165, 1.54) is 12.8 Å². The fourth-order valence-electron chi connectivity index (χ4n) is 3.72. The normalized spacial score (nSPS) is 32.4. The lowest BCUT2D eigenvalue weighted by molar-refractivity contribution is 0.0266. The van der Waals surface area contributed by atoms with Gasteiger partial charge in [0.25, 0.3) is 0 Å². The van der Waals surface area contributed by atoms with E-state index in [4.69, 9.17) is 0 Å². The predicted octanol–water partition coefficient (Wildman–Crippen LogP) is 2.10. The molecule has 0 saturated carbocycles. The van der Waals surface area contributed by atoms with Gasteiger partial charge in [0, 0.05) is 18.6 Å². The van der Waals surface area contributed by atoms with Gasteiger partial charge >= 0.3 is 0 Å². The van der Waals surface area contributed by atoms with Gasteiger partial charge in [0.15, 0.2) is 0 Å². The van der Waals surface area contributed by atoms with Gasteiger partial charge in [-0.15, -0.1) is 0 Å². The average molecular weight is 261 g/mol. The van der Waals surface area contributed by atoms with Crippen molar-refractivity contribution in [1.82, 2.24) is 4.90 Å². The number of aliphatic hydroxyl groups excluding tert-OH is 2. The van der Waals surface area contributed by atoms with Crippen LogP contribution in [-0.2, 0) is 0 Å². The van der Waals surface area contributed by atoms with Crippen LogP contribution >= 0.6 is 0 Å². The van der Waals surface area contributed by atoms with Crippen molar-refractivity contribution in [1.29, 1.82) is 0 Å². The number of hydrogen-bond acceptors (Lipinski definition) is 3. The molecule has 0 spiro atoms. The van der Waals surface area contributed by atoms with E-state index in [1.807, 2.05) is 30.3 Å². The fraction of sp³-hybridized carbons (Fsp3) is 0.625. The Labute approximate surface area is 114 Å². The molecule has 0 aromatic heterocycles. The van der Waals surface area contributed by atoms with Gasteiger partial charge in [0.2, 0.25) is 0 Å². The first-order chi connectivity index (χ1) is 9.24. The number of benzene rings is 1. The first-order valence-corrected chi connectivity index (χ1v) is 7.41. The molecule has 3 atom stereocenters. The zero-order valence-corrected chi connectivity index (χ0v) is 11.3. The highest BCUT2D eigenvalue weighted by Crippen LogP contribution is 2.36. The molecule has 2 heterocycles. The van der Waals surface area contributed by atoms with Gasteiger partial charge in [-0.2, -0.15) is 0 Å². The number of rotatable bonds is 4. The summed E-state index contributed by atoms with van der Waals surface area (Å²) < 4.78 is 0. The number of aliphatic hydroxyl groups is 2. The Hall–Kier alpha value is -0.900. The molecule has 3 rings (SSSR count). The van der Waals surface area contributed by atoms with Gasteiger partial charge in [-0.1, -0.05) is 30.3 Å². The minimum atomic E-state index is -0.368. The number of hydrogen-bond donors (Lipinski definition) is 2. The standard InChI is InChI=1S/C16H23NO2/c18-15-10-13-6-7-14(11-15)17(13)9-8-16(19)12-4-2-1-3-5-12/h1-5,13-16,18-19H,6-11H2. The van der Waals surface area contributed by atoms with Crippen molar-refractivity contribution < 1.29 is 10.2 Å². The van der Waals surface area contributed by atoms with Crippen LogP contribution in [0.25, 0.3) is 0 Å². The Kier molecular flexibility index (Phi) is 3.87. The Morgan fingerprint density at radius 2 is 1.74 bits per heavy atom. The molecule has 2 saturated heterocycles. The molecule has 19 heavy (non-hydrogen) atoms. The number of fused-ring (bicyclic) bond motifs is 2. The number of nitrogens with zero attached hydrogens (tertiary/aromatic N) is 1. The molecule has 1 aromatic rings. The fourth-order valence-corrected chi connectivity index (χ4v) is 3.72. The molecule has 3 unspecified atom stereocenters. The SMILES string of the molecule is OC1CC2CCC(C1)N2CCC(O)c1ccccc1. The lowest BCUT2D eigenvalue weighted by Crippen LogP contribution is -2.45. The highest BCUT2D eigenvalue weighted by Gasteiger charge is 2.39. The Morgan fingerprint density at radius 3 is 2.37 bits per heavy atom. The lowest BCUT2D eigenvalue weighted by atomic mass is 9.98. The van der Waals surface area contributed by atoms with Crippen LogP contribution in [0.1, 0.15) is 43.8 Å². The number of piperidine rings is 1. The second kappa shape index (κ2) is 5.61. The first kappa shape index (κ1) is 13.1. The molecule has 2 N–H and O–H groups in total. The van der Waals surface area contributed by atoms with Crippen molar-refractivity contribution in [2.75, 3.05) is 6.54 Å². The van der Waals surface area contributed by atoms with Crippen molar-refractivity contribution in [3.05, 3.63) is 35.9 Å². The molecule has 1 aromatic carbocycles. The van der Waals surface area contributed by atoms with Crippen LogP contribution in [0.3, 0.4) is 0 Å². The van der Waals surface area contributed by atoms with Crippen LogP contribution in [0, 0.1) is 0 Å². The molecule has 2 bridgehead atoms. The zero-order chi connectivity index (χ0) is 13.2. The molecular weight excluding hydrogens is 238 g/mol. The van der Waals surface area contributed by atoms with E-state index in [1.54, 1.807) is 0 Å². The van der Waals surface area contributed by atoms with Gasteiger partial charge in [-0.3, -0.25) is 4.90 Å². The van der Waals surface area contributed by atoms with E-state index >= 15 is 0 Å². The van der Waals surface area contributed by atoms with E-state index in [2.05, 4.69) is 4.90 Å². The summed E-state index contributed by atoms with van der Waals surface area (Å²) in [6.07, 6.45) is 4.57. The van der Waals surface area contributed by atoms with Gasteiger partial charge < -0.3 is 10.2 Å². The highest BCUT2D eigenvalue weighted by atomic mass is 16.3. The second-order valence-electron chi connectivity index (χ2n) is 5.96. The average Bonchev–Trinajstić information content (AvgIpc) is 2.67. The molecule has 104 valence electrons. The molecule has 0 amide bonds. The predicted molar refractivity (Wildman–Crippen MR) is 74.8 cm³/mol. The maximum absolute atomic E-state index is 10.2. The van der Waals surface area contributed by atoms with Crippen molar-refractivity contribution in [2.24, 2.45) is 0 Å². The molecule has 2 fully saturated rings. The molecule has 0 radical (unpaired) electrons. The van der Waals surface area contributed by atoms with Crippen molar-refractivity contribution in [3.8, 4) is 0 Å². The Morgan fingerprint density at radius 1 is 1.11 bits per heavy atom. The van der Waals surface area contributed by atoms with Gasteiger partial charge in [-0.05, 0) is 37.7 Å². The second-order valence-corrected chi connectivity index (χ2v) is 5.96. The summed E-state index contributed by atoms with van der Waals surface area (Å²) >= 11 is 0. The van der Waals surface area contributed by atoms with E-state index in [0.717, 1.165) is 31.4 Å². The minimum absolute atomic E-state index is 0.104. The van der Waals surface area contributed by atoms with Gasteiger partial charge in [0.05, 0.1) is 12.2 Å². The topological polar surface area (TPSA) is 43.7 Å². The van der Waals surface area contributed by atoms with Crippen LogP contribution < -0.4 is 0 Å². The van der Waals surface area contributed by atoms with Crippen molar-refractivity contribution in [2.45, 2.75) is 56.4 Å². The highest BCUT2D eigenvalue weighted by molar-refractivity contribution is 5.17. The monoisotopic (exact) mass is 261 g/mol. The van der Waals surface area contributed by atoms with Crippen LogP contribution in [0.2, 0.25) is 0 Å². The summed E-state index contributed by atoms with van der Waals surface area (Å²) in [5, 5.41) is 20.0. The summed E-state index contributed by atoms with van der Waals surface area (Å²) in [5.74, 6) is 0. The summed E-state index contributed by atoms with van der Waals surface area (Å²) in [4.78, 5) is 2.51. The molecule has 2 aliphatic heterocycles. The quantitative estimate of drug-likeness (QED) is 0.872. The lowest BCUT2D eigenvalue weighted by Gasteiger charge is -2.37. The van der Waals surface area contributed by atoms with Crippen LogP contribution in [-0.4, -0.2) is 39.8 Å². The molecular formula is C16H23NO2. The smallest absolute Gasteiger partial charge is 0.0802 e. The zero-order valence-electron chi connectivity index (χ0n) is 11.3. The minimum Gasteiger partial charge on any atom is -0.393 e. The van der Waals surface area contributed by atoms with Gasteiger partial charge in [-0.25, -0.2) is 0 Å². The van der Waals surface area contributed by atoms with Crippen LogP contribution in [0.4, 0.5) is 0 Å². The Balaban J connectivity index is 1.56. The third-order valence-corrected chi connectivity index (χ3v) is 4.70. The molecule has 0 aliphatic carbocycles. The summed E-state index contributed by atoms with van der Waals surface area (Å²) in [7, 11) is 0. The first-order valence-electron chi connectivity index (χ1n) is 7.41. The van der Waals surface area contributed by atoms with Gasteiger partial charge in [0.1, 0.15) is 0 Å². The Bertz CT molecular complexity index is 394. The van der Waals surface area contributed by atoms with Crippen molar-refractivity contribution >= 4 is 0 Å². The van der Waals surface area contributed by atoms with E-state index in [0.29, 0.717) is 12.1 Å². The third-order valence-electron chi connectivity index (χ3n) is 4.70. The third kappa shape index (κ3) is 2.83. The maximum Gasteiger partial charge on any atom is 0.0802 e. The van der Waals surface area contributed by atoms with Crippen molar-refractivity contribution in [3.63, 3.8) is 0 Å². The molecule has 2 aliphatic rings. The summed E-state index contributed by atoms with van der Waals surface area (Å²) in [5.41, 5.74) is 1.01. The van der Waals surface area contributed by atoms with E-state index in [9.17, 15) is 10.2 Å². The largest absolute Gasteiger partial charge is 0.393 e. The van der Waals surface area contributed by atoms with E-state index < -0.39 is 0 Å². The molecule has 3 nitrogen and oxygen atoms in total. The summed E-state index contributed by atoms with van der Waals surface area (Å²) in [6, 6.07) is 11.0. The van der Waals surface area contributed by atoms with Crippen LogP contribution in [0.15, 0.2) is 30.3 Å².